The molecule has 0 unspecified atom stereocenters. The van der Waals surface area contributed by atoms with Crippen LogP contribution in [0, 0.1) is 0 Å². The van der Waals surface area contributed by atoms with Crippen molar-refractivity contribution in [3.63, 3.8) is 0 Å². The molecule has 10 nitrogen and oxygen atoms in total. The molecule has 1 N–H and O–H groups in total. The maximum atomic E-state index is 12.9. The van der Waals surface area contributed by atoms with Gasteiger partial charge in [0.1, 0.15) is 6.54 Å². The molecule has 2 aromatic rings. The minimum absolute atomic E-state index is 0.00707. The van der Waals surface area contributed by atoms with Gasteiger partial charge in [-0.3, -0.25) is 19.2 Å². The average Bonchev–Trinajstić information content (AvgIpc) is 3.28. The summed E-state index contributed by atoms with van der Waals surface area (Å²) in [5.74, 6) is -0.788. The summed E-state index contributed by atoms with van der Waals surface area (Å²) in [6.07, 6.45) is 0.113. The lowest BCUT2D eigenvalue weighted by atomic mass is 10.2. The molecule has 0 aliphatic carbocycles. The Morgan fingerprint density at radius 2 is 1.77 bits per heavy atom. The highest BCUT2D eigenvalue weighted by Gasteiger charge is 2.23. The molecule has 0 atom stereocenters. The topological polar surface area (TPSA) is 112 Å². The SMILES string of the molecule is COCCN(CC(=O)Nc1nc(CC(=O)N2CCN(C(C)=O)CC2)cs1)C(=O)c1ccc(Cl)cc1. The summed E-state index contributed by atoms with van der Waals surface area (Å²) in [4.78, 5) is 58.7. The van der Waals surface area contributed by atoms with E-state index in [4.69, 9.17) is 16.3 Å². The van der Waals surface area contributed by atoms with Crippen molar-refractivity contribution in [2.24, 2.45) is 0 Å². The number of nitrogens with one attached hydrogen (secondary N) is 1. The lowest BCUT2D eigenvalue weighted by Crippen LogP contribution is -2.50. The Morgan fingerprint density at radius 3 is 2.40 bits per heavy atom. The molecule has 1 aliphatic heterocycles. The van der Waals surface area contributed by atoms with Crippen LogP contribution >= 0.6 is 22.9 Å². The van der Waals surface area contributed by atoms with Crippen molar-refractivity contribution in [3.05, 3.63) is 45.9 Å². The van der Waals surface area contributed by atoms with Crippen LogP contribution in [0.25, 0.3) is 0 Å². The summed E-state index contributed by atoms with van der Waals surface area (Å²) in [6.45, 7) is 3.88. The number of hydrogen-bond donors (Lipinski definition) is 1. The summed E-state index contributed by atoms with van der Waals surface area (Å²) in [5.41, 5.74) is 0.968. The predicted molar refractivity (Wildman–Crippen MR) is 133 cm³/mol. The van der Waals surface area contributed by atoms with E-state index in [2.05, 4.69) is 10.3 Å². The molecule has 0 spiro atoms. The van der Waals surface area contributed by atoms with Crippen LogP contribution in [-0.2, 0) is 25.5 Å². The maximum absolute atomic E-state index is 12.9. The highest BCUT2D eigenvalue weighted by atomic mass is 35.5. The molecular formula is C23H28ClN5O5S. The number of anilines is 1. The highest BCUT2D eigenvalue weighted by Crippen LogP contribution is 2.17. The molecule has 4 amide bonds. The van der Waals surface area contributed by atoms with E-state index in [0.717, 1.165) is 0 Å². The number of rotatable bonds is 9. The summed E-state index contributed by atoms with van der Waals surface area (Å²) >= 11 is 7.11. The zero-order valence-electron chi connectivity index (χ0n) is 19.7. The quantitative estimate of drug-likeness (QED) is 0.538. The molecule has 1 aromatic heterocycles. The van der Waals surface area contributed by atoms with Crippen LogP contribution in [0.4, 0.5) is 5.13 Å². The molecule has 0 radical (unpaired) electrons. The molecule has 188 valence electrons. The number of amides is 4. The summed E-state index contributed by atoms with van der Waals surface area (Å²) in [5, 5.41) is 5.29. The third kappa shape index (κ3) is 7.74. The van der Waals surface area contributed by atoms with E-state index in [1.807, 2.05) is 0 Å². The minimum atomic E-state index is -0.406. The fourth-order valence-electron chi connectivity index (χ4n) is 3.54. The average molecular weight is 522 g/mol. The first-order valence-corrected chi connectivity index (χ1v) is 12.3. The van der Waals surface area contributed by atoms with Crippen LogP contribution in [0.1, 0.15) is 23.0 Å². The smallest absolute Gasteiger partial charge is 0.254 e. The number of nitrogens with zero attached hydrogens (tertiary/aromatic N) is 4. The highest BCUT2D eigenvalue weighted by molar-refractivity contribution is 7.13. The van der Waals surface area contributed by atoms with Gasteiger partial charge in [0.2, 0.25) is 17.7 Å². The van der Waals surface area contributed by atoms with Gasteiger partial charge in [0.05, 0.1) is 18.7 Å². The lowest BCUT2D eigenvalue weighted by Gasteiger charge is -2.34. The molecule has 12 heteroatoms. The van der Waals surface area contributed by atoms with Gasteiger partial charge in [-0.1, -0.05) is 11.6 Å². The van der Waals surface area contributed by atoms with Crippen molar-refractivity contribution in [1.82, 2.24) is 19.7 Å². The number of carbonyl (C=O) groups excluding carboxylic acids is 4. The van der Waals surface area contributed by atoms with Crippen LogP contribution in [-0.4, -0.2) is 96.3 Å². The van der Waals surface area contributed by atoms with Crippen LogP contribution in [0.15, 0.2) is 29.6 Å². The molecule has 1 aromatic carbocycles. The molecule has 0 bridgehead atoms. The molecule has 0 saturated carbocycles. The standard InChI is InChI=1S/C23H28ClN5O5S/c1-16(30)27-7-9-28(10-8-27)21(32)13-19-15-35-23(25-19)26-20(31)14-29(11-12-34-2)22(33)17-3-5-18(24)6-4-17/h3-6,15H,7-14H2,1-2H3,(H,25,26,31). The normalized spacial score (nSPS) is 13.5. The lowest BCUT2D eigenvalue weighted by molar-refractivity contribution is -0.138. The zero-order valence-corrected chi connectivity index (χ0v) is 21.2. The van der Waals surface area contributed by atoms with Gasteiger partial charge >= 0.3 is 0 Å². The Labute approximate surface area is 212 Å². The number of hydrogen-bond acceptors (Lipinski definition) is 7. The molecule has 3 rings (SSSR count). The zero-order chi connectivity index (χ0) is 25.4. The van der Waals surface area contributed by atoms with Crippen LogP contribution in [0.2, 0.25) is 5.02 Å². The van der Waals surface area contributed by atoms with Crippen LogP contribution < -0.4 is 5.32 Å². The Balaban J connectivity index is 1.54. The van der Waals surface area contributed by atoms with Crippen molar-refractivity contribution in [2.45, 2.75) is 13.3 Å². The predicted octanol–water partition coefficient (Wildman–Crippen LogP) is 1.76. The Kier molecular flexibility index (Phi) is 9.58. The van der Waals surface area contributed by atoms with E-state index in [1.54, 1.807) is 39.4 Å². The van der Waals surface area contributed by atoms with E-state index in [-0.39, 0.29) is 43.8 Å². The molecule has 1 aliphatic rings. The van der Waals surface area contributed by atoms with Crippen molar-refractivity contribution in [1.29, 1.82) is 0 Å². The Morgan fingerprint density at radius 1 is 1.11 bits per heavy atom. The number of aromatic nitrogens is 1. The summed E-state index contributed by atoms with van der Waals surface area (Å²) in [6, 6.07) is 6.44. The fraction of sp³-hybridized carbons (Fsp3) is 0.435. The first-order valence-electron chi connectivity index (χ1n) is 11.1. The van der Waals surface area contributed by atoms with Gasteiger partial charge in [-0.25, -0.2) is 4.98 Å². The number of carbonyl (C=O) groups is 4. The van der Waals surface area contributed by atoms with Crippen molar-refractivity contribution in [2.75, 3.05) is 58.3 Å². The van der Waals surface area contributed by atoms with E-state index in [1.165, 1.54) is 30.3 Å². The first-order chi connectivity index (χ1) is 16.8. The van der Waals surface area contributed by atoms with Gasteiger partial charge in [-0.05, 0) is 24.3 Å². The molecule has 1 fully saturated rings. The number of benzene rings is 1. The van der Waals surface area contributed by atoms with Gasteiger partial charge in [0, 0.05) is 62.7 Å². The fourth-order valence-corrected chi connectivity index (χ4v) is 4.40. The van der Waals surface area contributed by atoms with Crippen molar-refractivity contribution < 1.29 is 23.9 Å². The van der Waals surface area contributed by atoms with Gasteiger partial charge in [-0.15, -0.1) is 11.3 Å². The number of methoxy groups -OCH3 is 1. The van der Waals surface area contributed by atoms with Crippen molar-refractivity contribution >= 4 is 51.7 Å². The van der Waals surface area contributed by atoms with E-state index in [0.29, 0.717) is 47.6 Å². The van der Waals surface area contributed by atoms with Crippen LogP contribution in [0.3, 0.4) is 0 Å². The number of thiazole rings is 1. The molecular weight excluding hydrogens is 494 g/mol. The van der Waals surface area contributed by atoms with Crippen molar-refractivity contribution in [3.8, 4) is 0 Å². The molecule has 1 saturated heterocycles. The van der Waals surface area contributed by atoms with Gasteiger partial charge < -0.3 is 24.8 Å². The molecule has 35 heavy (non-hydrogen) atoms. The summed E-state index contributed by atoms with van der Waals surface area (Å²) in [7, 11) is 1.52. The van der Waals surface area contributed by atoms with Gasteiger partial charge in [0.15, 0.2) is 5.13 Å². The largest absolute Gasteiger partial charge is 0.383 e. The minimum Gasteiger partial charge on any atom is -0.383 e. The number of halogens is 1. The summed E-state index contributed by atoms with van der Waals surface area (Å²) < 4.78 is 5.07. The third-order valence-electron chi connectivity index (χ3n) is 5.49. The Bertz CT molecular complexity index is 1050. The van der Waals surface area contributed by atoms with Crippen LogP contribution in [0.5, 0.6) is 0 Å². The third-order valence-corrected chi connectivity index (χ3v) is 6.54. The van der Waals surface area contributed by atoms with Gasteiger partial charge in [-0.2, -0.15) is 0 Å². The van der Waals surface area contributed by atoms with E-state index >= 15 is 0 Å². The Hall–Kier alpha value is -3.02. The number of piperazine rings is 1. The second kappa shape index (κ2) is 12.6. The van der Waals surface area contributed by atoms with Gasteiger partial charge in [0.25, 0.3) is 5.91 Å². The second-order valence-electron chi connectivity index (χ2n) is 7.98. The van der Waals surface area contributed by atoms with E-state index in [9.17, 15) is 19.2 Å². The number of ether oxygens (including phenoxy) is 1. The maximum Gasteiger partial charge on any atom is 0.254 e. The first kappa shape index (κ1) is 26.6. The monoisotopic (exact) mass is 521 g/mol. The molecule has 2 heterocycles. The van der Waals surface area contributed by atoms with E-state index < -0.39 is 5.91 Å². The second-order valence-corrected chi connectivity index (χ2v) is 9.28.